The van der Waals surface area contributed by atoms with E-state index >= 15 is 0 Å². The van der Waals surface area contributed by atoms with Gasteiger partial charge in [-0.1, -0.05) is 25.7 Å². The second-order valence-electron chi connectivity index (χ2n) is 7.37. The smallest absolute Gasteiger partial charge is 0.246 e. The summed E-state index contributed by atoms with van der Waals surface area (Å²) >= 11 is 0. The van der Waals surface area contributed by atoms with Gasteiger partial charge in [0.15, 0.2) is 11.5 Å². The van der Waals surface area contributed by atoms with Gasteiger partial charge in [0.25, 0.3) is 0 Å². The van der Waals surface area contributed by atoms with E-state index in [1.807, 2.05) is 0 Å². The highest BCUT2D eigenvalue weighted by molar-refractivity contribution is 5.97. The average Bonchev–Trinajstić information content (AvgIpc) is 3.34. The fraction of sp³-hybridized carbons (Fsp3) is 0.550. The Labute approximate surface area is 164 Å². The summed E-state index contributed by atoms with van der Waals surface area (Å²) < 4.78 is 10.6. The summed E-state index contributed by atoms with van der Waals surface area (Å²) in [5.74, 6) is 0.672. The van der Waals surface area contributed by atoms with E-state index in [9.17, 15) is 14.4 Å². The predicted octanol–water partition coefficient (Wildman–Crippen LogP) is 2.07. The Morgan fingerprint density at radius 2 is 1.86 bits per heavy atom. The minimum atomic E-state index is -0.825. The maximum absolute atomic E-state index is 12.7. The Balaban J connectivity index is 1.56. The summed E-state index contributed by atoms with van der Waals surface area (Å²) in [5, 5.41) is 5.51. The van der Waals surface area contributed by atoms with Crippen molar-refractivity contribution in [3.05, 3.63) is 18.2 Å². The fourth-order valence-electron chi connectivity index (χ4n) is 3.66. The van der Waals surface area contributed by atoms with Crippen molar-refractivity contribution >= 4 is 23.4 Å². The molecule has 0 radical (unpaired) electrons. The molecule has 1 saturated carbocycles. The second kappa shape index (κ2) is 9.43. The van der Waals surface area contributed by atoms with E-state index in [0.29, 0.717) is 29.5 Å². The molecule has 1 fully saturated rings. The first-order chi connectivity index (χ1) is 13.5. The van der Waals surface area contributed by atoms with Crippen LogP contribution in [0.25, 0.3) is 0 Å². The Morgan fingerprint density at radius 3 is 2.61 bits per heavy atom. The number of benzene rings is 1. The van der Waals surface area contributed by atoms with Crippen LogP contribution in [0.1, 0.15) is 51.4 Å². The third-order valence-corrected chi connectivity index (χ3v) is 5.23. The first-order valence-electron chi connectivity index (χ1n) is 9.79. The van der Waals surface area contributed by atoms with E-state index in [1.165, 1.54) is 25.7 Å². The summed E-state index contributed by atoms with van der Waals surface area (Å²) in [7, 11) is 0. The van der Waals surface area contributed by atoms with Crippen LogP contribution in [0.2, 0.25) is 0 Å². The Morgan fingerprint density at radius 1 is 1.11 bits per heavy atom. The maximum Gasteiger partial charge on any atom is 0.246 e. The van der Waals surface area contributed by atoms with Crippen molar-refractivity contribution in [2.75, 3.05) is 12.1 Å². The molecule has 2 aliphatic rings. The molecule has 1 unspecified atom stereocenters. The van der Waals surface area contributed by atoms with Crippen LogP contribution in [-0.2, 0) is 14.4 Å². The van der Waals surface area contributed by atoms with Crippen LogP contribution in [-0.4, -0.2) is 30.6 Å². The molecular weight excluding hydrogens is 362 g/mol. The fourth-order valence-corrected chi connectivity index (χ4v) is 3.66. The van der Waals surface area contributed by atoms with E-state index in [1.54, 1.807) is 18.2 Å². The number of amides is 3. The van der Waals surface area contributed by atoms with Gasteiger partial charge in [-0.25, -0.2) is 0 Å². The van der Waals surface area contributed by atoms with Gasteiger partial charge < -0.3 is 25.8 Å². The van der Waals surface area contributed by atoms with E-state index in [2.05, 4.69) is 10.6 Å². The van der Waals surface area contributed by atoms with Gasteiger partial charge in [-0.15, -0.1) is 0 Å². The topological polar surface area (TPSA) is 120 Å². The highest BCUT2D eigenvalue weighted by Gasteiger charge is 2.23. The zero-order valence-electron chi connectivity index (χ0n) is 15.9. The van der Waals surface area contributed by atoms with Gasteiger partial charge in [0, 0.05) is 24.6 Å². The van der Waals surface area contributed by atoms with Gasteiger partial charge in [0.05, 0.1) is 0 Å². The number of fused-ring (bicyclic) bond motifs is 1. The number of carbonyl (C=O) groups excluding carboxylic acids is 3. The lowest BCUT2D eigenvalue weighted by molar-refractivity contribution is -0.127. The van der Waals surface area contributed by atoms with Crippen molar-refractivity contribution in [1.29, 1.82) is 0 Å². The predicted molar refractivity (Wildman–Crippen MR) is 103 cm³/mol. The van der Waals surface area contributed by atoms with Crippen molar-refractivity contribution in [1.82, 2.24) is 5.32 Å². The molecule has 1 heterocycles. The van der Waals surface area contributed by atoms with Gasteiger partial charge in [-0.3, -0.25) is 14.4 Å². The quantitative estimate of drug-likeness (QED) is 0.597. The Hall–Kier alpha value is -2.77. The van der Waals surface area contributed by atoms with E-state index < -0.39 is 17.9 Å². The van der Waals surface area contributed by atoms with Crippen molar-refractivity contribution < 1.29 is 23.9 Å². The number of hydrogen-bond acceptors (Lipinski definition) is 5. The van der Waals surface area contributed by atoms with Crippen LogP contribution in [0.3, 0.4) is 0 Å². The molecule has 28 heavy (non-hydrogen) atoms. The molecule has 8 nitrogen and oxygen atoms in total. The van der Waals surface area contributed by atoms with Crippen LogP contribution < -0.4 is 25.8 Å². The lowest BCUT2D eigenvalue weighted by Crippen LogP contribution is -2.44. The Bertz CT molecular complexity index is 731. The maximum atomic E-state index is 12.7. The molecule has 0 bridgehead atoms. The number of carbonyl (C=O) groups is 3. The molecule has 1 aromatic carbocycles. The first-order valence-corrected chi connectivity index (χ1v) is 9.79. The summed E-state index contributed by atoms with van der Waals surface area (Å²) in [5.41, 5.74) is 5.74. The molecule has 1 aliphatic heterocycles. The van der Waals surface area contributed by atoms with Crippen LogP contribution in [0, 0.1) is 5.92 Å². The molecule has 1 atom stereocenters. The van der Waals surface area contributed by atoms with Gasteiger partial charge in [-0.05, 0) is 30.9 Å². The zero-order chi connectivity index (χ0) is 19.9. The molecule has 3 amide bonds. The molecule has 1 aliphatic carbocycles. The number of ether oxygens (including phenoxy) is 2. The molecule has 3 rings (SSSR count). The molecule has 0 saturated heterocycles. The van der Waals surface area contributed by atoms with Gasteiger partial charge in [-0.2, -0.15) is 0 Å². The minimum Gasteiger partial charge on any atom is -0.454 e. The molecule has 4 N–H and O–H groups in total. The molecule has 0 spiro atoms. The summed E-state index contributed by atoms with van der Waals surface area (Å²) in [6.45, 7) is 0.144. The largest absolute Gasteiger partial charge is 0.454 e. The van der Waals surface area contributed by atoms with Crippen molar-refractivity contribution in [2.45, 2.75) is 57.4 Å². The highest BCUT2D eigenvalue weighted by atomic mass is 16.7. The van der Waals surface area contributed by atoms with Gasteiger partial charge in [0.2, 0.25) is 24.5 Å². The number of nitrogens with one attached hydrogen (secondary N) is 2. The third kappa shape index (κ3) is 5.61. The van der Waals surface area contributed by atoms with Crippen molar-refractivity contribution in [2.24, 2.45) is 11.7 Å². The number of anilines is 1. The van der Waals surface area contributed by atoms with Crippen molar-refractivity contribution in [3.8, 4) is 11.5 Å². The zero-order valence-corrected chi connectivity index (χ0v) is 15.9. The number of rotatable bonds is 9. The normalized spacial score (nSPS) is 16.6. The molecule has 152 valence electrons. The lowest BCUT2D eigenvalue weighted by Gasteiger charge is -2.19. The lowest BCUT2D eigenvalue weighted by atomic mass is 10.0. The summed E-state index contributed by atoms with van der Waals surface area (Å²) in [4.78, 5) is 36.1. The summed E-state index contributed by atoms with van der Waals surface area (Å²) in [6.07, 6.45) is 6.18. The van der Waals surface area contributed by atoms with Crippen LogP contribution in [0.4, 0.5) is 5.69 Å². The minimum absolute atomic E-state index is 0.0160. The van der Waals surface area contributed by atoms with E-state index in [-0.39, 0.29) is 25.5 Å². The van der Waals surface area contributed by atoms with Crippen molar-refractivity contribution in [3.63, 3.8) is 0 Å². The molecular formula is C20H27N3O5. The van der Waals surface area contributed by atoms with Crippen LogP contribution >= 0.6 is 0 Å². The van der Waals surface area contributed by atoms with Gasteiger partial charge in [0.1, 0.15) is 6.04 Å². The first kappa shape index (κ1) is 20.0. The monoisotopic (exact) mass is 389 g/mol. The average molecular weight is 389 g/mol. The number of hydrogen-bond donors (Lipinski definition) is 3. The van der Waals surface area contributed by atoms with Gasteiger partial charge >= 0.3 is 0 Å². The summed E-state index contributed by atoms with van der Waals surface area (Å²) in [6, 6.07) is 4.23. The van der Waals surface area contributed by atoms with Crippen LogP contribution in [0.5, 0.6) is 11.5 Å². The molecule has 1 aromatic rings. The highest BCUT2D eigenvalue weighted by Crippen LogP contribution is 2.34. The number of primary amides is 1. The number of nitrogens with two attached hydrogens (primary N) is 1. The molecule has 8 heteroatoms. The Kier molecular flexibility index (Phi) is 6.73. The second-order valence-corrected chi connectivity index (χ2v) is 7.37. The van der Waals surface area contributed by atoms with E-state index in [0.717, 1.165) is 6.42 Å². The third-order valence-electron chi connectivity index (χ3n) is 5.23. The van der Waals surface area contributed by atoms with Crippen LogP contribution in [0.15, 0.2) is 18.2 Å². The standard InChI is InChI=1S/C20H27N3O5/c21-18(24)9-7-15(23-19(25)10-5-13-3-1-2-4-13)20(26)22-14-6-8-16-17(11-14)28-12-27-16/h6,8,11,13,15H,1-5,7,9-10,12H2,(H2,21,24)(H,22,26)(H,23,25). The van der Waals surface area contributed by atoms with E-state index in [4.69, 9.17) is 15.2 Å². The molecule has 0 aromatic heterocycles. The SMILES string of the molecule is NC(=O)CCC(NC(=O)CCC1CCCC1)C(=O)Nc1ccc2c(c1)OCO2.